The maximum Gasteiger partial charge on any atom is 0.461 e. The first-order valence-corrected chi connectivity index (χ1v) is 9.35. The zero-order valence-corrected chi connectivity index (χ0v) is 16.7. The maximum absolute atomic E-state index is 13.1. The van der Waals surface area contributed by atoms with Crippen LogP contribution in [0, 0.1) is 0 Å². The van der Waals surface area contributed by atoms with Gasteiger partial charge in [-0.2, -0.15) is 23.0 Å². The average Bonchev–Trinajstić information content (AvgIpc) is 2.79. The van der Waals surface area contributed by atoms with Gasteiger partial charge in [-0.25, -0.2) is 19.7 Å². The van der Waals surface area contributed by atoms with Gasteiger partial charge in [0.2, 0.25) is 5.95 Å². The Morgan fingerprint density at radius 1 is 1.12 bits per heavy atom. The van der Waals surface area contributed by atoms with Crippen LogP contribution >= 0.6 is 0 Å². The molecule has 0 spiro atoms. The average molecular weight is 467 g/mol. The summed E-state index contributed by atoms with van der Waals surface area (Å²) in [6.45, 7) is -0.167. The number of hydroxylamine groups is 1. The van der Waals surface area contributed by atoms with Crippen molar-refractivity contribution in [2.45, 2.75) is 12.5 Å². The molecule has 0 fully saturated rings. The molecule has 0 unspecified atom stereocenters. The highest BCUT2D eigenvalue weighted by molar-refractivity contribution is 5.88. The fourth-order valence-electron chi connectivity index (χ4n) is 2.46. The second kappa shape index (κ2) is 10.7. The van der Waals surface area contributed by atoms with Crippen molar-refractivity contribution < 1.29 is 37.0 Å². The van der Waals surface area contributed by atoms with E-state index >= 15 is 0 Å². The lowest BCUT2D eigenvalue weighted by molar-refractivity contribution is -0.253. The smallest absolute Gasteiger partial charge is 0.428 e. The Bertz CT molecular complexity index is 1100. The number of carbonyl (C=O) groups excluding carboxylic acids is 1. The molecule has 0 bridgehead atoms. The van der Waals surface area contributed by atoms with Gasteiger partial charge in [0.15, 0.2) is 5.69 Å². The normalized spacial score (nSPS) is 11.3. The van der Waals surface area contributed by atoms with Gasteiger partial charge < -0.3 is 20.0 Å². The summed E-state index contributed by atoms with van der Waals surface area (Å²) in [7, 11) is 0. The second-order valence-electron chi connectivity index (χ2n) is 6.32. The fourth-order valence-corrected chi connectivity index (χ4v) is 2.46. The largest absolute Gasteiger partial charge is 0.461 e. The first-order chi connectivity index (χ1) is 15.8. The molecule has 2 aromatic heterocycles. The van der Waals surface area contributed by atoms with E-state index in [4.69, 9.17) is 9.94 Å². The number of hydrogen-bond acceptors (Lipinski definition) is 9. The van der Waals surface area contributed by atoms with E-state index in [1.807, 2.05) is 0 Å². The van der Waals surface area contributed by atoms with Crippen molar-refractivity contribution >= 4 is 17.6 Å². The van der Waals surface area contributed by atoms with E-state index in [1.54, 1.807) is 12.1 Å². The molecule has 0 aliphatic rings. The van der Waals surface area contributed by atoms with Crippen LogP contribution in [0.3, 0.4) is 0 Å². The van der Waals surface area contributed by atoms with E-state index in [2.05, 4.69) is 30.5 Å². The van der Waals surface area contributed by atoms with Crippen LogP contribution in [-0.2, 0) is 4.84 Å². The summed E-state index contributed by atoms with van der Waals surface area (Å²) >= 11 is 0. The van der Waals surface area contributed by atoms with Crippen molar-refractivity contribution in [2.75, 3.05) is 18.5 Å². The Kier molecular flexibility index (Phi) is 7.69. The first kappa shape index (κ1) is 23.8. The number of carbonyl (C=O) groups is 1. The van der Waals surface area contributed by atoms with Crippen molar-refractivity contribution in [2.24, 2.45) is 0 Å². The number of anilines is 2. The number of aromatic nitrogens is 3. The number of nitrogens with zero attached hydrogens (tertiary/aromatic N) is 3. The number of alkyl halides is 4. The number of ether oxygens (including phenoxy) is 1. The van der Waals surface area contributed by atoms with Gasteiger partial charge in [-0.3, -0.25) is 0 Å². The monoisotopic (exact) mass is 467 g/mol. The first-order valence-electron chi connectivity index (χ1n) is 9.35. The Hall–Kier alpha value is -3.84. The summed E-state index contributed by atoms with van der Waals surface area (Å²) in [6.07, 6.45) is -5.83. The molecule has 1 aromatic carbocycles. The van der Waals surface area contributed by atoms with Gasteiger partial charge in [-0.1, -0.05) is 6.07 Å². The number of halogens is 4. The Morgan fingerprint density at radius 2 is 1.91 bits per heavy atom. The third kappa shape index (κ3) is 6.57. The number of pyridine rings is 1. The van der Waals surface area contributed by atoms with Crippen LogP contribution in [-0.4, -0.2) is 51.7 Å². The number of aliphatic hydroxyl groups is 1. The van der Waals surface area contributed by atoms with Gasteiger partial charge in [-0.05, 0) is 30.3 Å². The molecule has 3 N–H and O–H groups in total. The lowest BCUT2D eigenvalue weighted by Gasteiger charge is -2.17. The quantitative estimate of drug-likeness (QED) is 0.235. The highest BCUT2D eigenvalue weighted by atomic mass is 19.3. The summed E-state index contributed by atoms with van der Waals surface area (Å²) in [5.41, 5.74) is 3.36. The van der Waals surface area contributed by atoms with Gasteiger partial charge in [0.25, 0.3) is 0 Å². The molecule has 2 heterocycles. The van der Waals surface area contributed by atoms with Gasteiger partial charge in [0, 0.05) is 29.7 Å². The molecule has 0 amide bonds. The van der Waals surface area contributed by atoms with E-state index in [0.29, 0.717) is 11.3 Å². The molecule has 0 saturated heterocycles. The van der Waals surface area contributed by atoms with Crippen LogP contribution in [0.2, 0.25) is 0 Å². The highest BCUT2D eigenvalue weighted by Crippen LogP contribution is 2.29. The lowest BCUT2D eigenvalue weighted by Crippen LogP contribution is -2.33. The van der Waals surface area contributed by atoms with Gasteiger partial charge in [-0.15, -0.1) is 0 Å². The maximum atomic E-state index is 13.1. The predicted molar refractivity (Wildman–Crippen MR) is 107 cm³/mol. The molecular formula is C20H17F4N5O4. The van der Waals surface area contributed by atoms with Crippen LogP contribution < -0.4 is 15.5 Å². The summed E-state index contributed by atoms with van der Waals surface area (Å²) in [6, 6.07) is 9.57. The van der Waals surface area contributed by atoms with Crippen molar-refractivity contribution in [3.05, 3.63) is 60.6 Å². The van der Waals surface area contributed by atoms with E-state index in [-0.39, 0.29) is 30.5 Å². The molecule has 174 valence electrons. The number of hydrogen-bond donors (Lipinski definition) is 3. The molecule has 0 aliphatic carbocycles. The molecule has 9 nitrogen and oxygen atoms in total. The SMILES string of the molecule is O=C(ONCCO)c1cc(-c2ccnc(Nc3cccc(OC(F)(F)C(F)F)c3)n2)ccn1. The van der Waals surface area contributed by atoms with Crippen LogP contribution in [0.5, 0.6) is 5.75 Å². The van der Waals surface area contributed by atoms with Gasteiger partial charge >= 0.3 is 18.5 Å². The number of rotatable bonds is 10. The van der Waals surface area contributed by atoms with Gasteiger partial charge in [0.05, 0.1) is 18.8 Å². The molecule has 0 saturated carbocycles. The lowest BCUT2D eigenvalue weighted by atomic mass is 10.1. The van der Waals surface area contributed by atoms with Crippen molar-refractivity contribution in [3.8, 4) is 17.0 Å². The molecule has 0 atom stereocenters. The van der Waals surface area contributed by atoms with E-state index in [0.717, 1.165) is 12.1 Å². The number of aliphatic hydroxyl groups excluding tert-OH is 1. The zero-order chi connectivity index (χ0) is 23.8. The fraction of sp³-hybridized carbons (Fsp3) is 0.200. The van der Waals surface area contributed by atoms with E-state index < -0.39 is 24.3 Å². The Labute approximate surface area is 184 Å². The molecule has 3 aromatic rings. The Balaban J connectivity index is 1.75. The van der Waals surface area contributed by atoms with Crippen LogP contribution in [0.15, 0.2) is 54.9 Å². The molecule has 0 aliphatic heterocycles. The molecular weight excluding hydrogens is 450 g/mol. The Morgan fingerprint density at radius 3 is 2.67 bits per heavy atom. The highest BCUT2D eigenvalue weighted by Gasteiger charge is 2.44. The summed E-state index contributed by atoms with van der Waals surface area (Å²) in [5.74, 6) is -1.18. The number of benzene rings is 1. The topological polar surface area (TPSA) is 118 Å². The van der Waals surface area contributed by atoms with Crippen molar-refractivity contribution in [1.82, 2.24) is 20.4 Å². The third-order valence-corrected chi connectivity index (χ3v) is 3.90. The second-order valence-corrected chi connectivity index (χ2v) is 6.32. The van der Waals surface area contributed by atoms with Crippen LogP contribution in [0.1, 0.15) is 10.5 Å². The van der Waals surface area contributed by atoms with Crippen molar-refractivity contribution in [3.63, 3.8) is 0 Å². The minimum atomic E-state index is -4.64. The van der Waals surface area contributed by atoms with Crippen LogP contribution in [0.25, 0.3) is 11.3 Å². The molecule has 0 radical (unpaired) electrons. The molecule has 3 rings (SSSR count). The van der Waals surface area contributed by atoms with Crippen molar-refractivity contribution in [1.29, 1.82) is 0 Å². The zero-order valence-electron chi connectivity index (χ0n) is 16.7. The minimum Gasteiger partial charge on any atom is -0.428 e. The van der Waals surface area contributed by atoms with Gasteiger partial charge in [0.1, 0.15) is 5.75 Å². The predicted octanol–water partition coefficient (Wildman–Crippen LogP) is 3.17. The standard InChI is InChI=1S/C20H17F4N5O4/c21-18(22)20(23,24)32-14-3-1-2-13(11-14)28-19-26-7-5-15(29-19)12-4-6-25-16(10-12)17(31)33-27-8-9-30/h1-7,10-11,18,27,30H,8-9H2,(H,26,28,29). The summed E-state index contributed by atoms with van der Waals surface area (Å²) in [5, 5.41) is 11.5. The molecule has 13 heteroatoms. The summed E-state index contributed by atoms with van der Waals surface area (Å²) in [4.78, 5) is 29.0. The van der Waals surface area contributed by atoms with E-state index in [9.17, 15) is 22.4 Å². The van der Waals surface area contributed by atoms with Crippen LogP contribution in [0.4, 0.5) is 29.2 Å². The summed E-state index contributed by atoms with van der Waals surface area (Å²) < 4.78 is 55.0. The molecule has 33 heavy (non-hydrogen) atoms. The van der Waals surface area contributed by atoms with E-state index in [1.165, 1.54) is 30.6 Å². The minimum absolute atomic E-state index is 0.0177. The third-order valence-electron chi connectivity index (χ3n) is 3.90. The number of nitrogens with one attached hydrogen (secondary N) is 2.